The summed E-state index contributed by atoms with van der Waals surface area (Å²) in [5.41, 5.74) is -2.45. The zero-order valence-electron chi connectivity index (χ0n) is 12.8. The van der Waals surface area contributed by atoms with Crippen molar-refractivity contribution in [3.8, 4) is 0 Å². The molecule has 0 aliphatic heterocycles. The van der Waals surface area contributed by atoms with Crippen molar-refractivity contribution in [2.45, 2.75) is 65.1 Å². The number of nitrogens with one attached hydrogen (secondary N) is 2. The molecule has 0 saturated heterocycles. The van der Waals surface area contributed by atoms with E-state index in [-0.39, 0.29) is 0 Å². The average molecular weight is 288 g/mol. The Morgan fingerprint density at radius 2 is 1.10 bits per heavy atom. The predicted octanol–water partition coefficient (Wildman–Crippen LogP) is -0.0952. The van der Waals surface area contributed by atoms with Crippen LogP contribution in [-0.4, -0.2) is 45.6 Å². The van der Waals surface area contributed by atoms with Crippen LogP contribution >= 0.6 is 0 Å². The third-order valence-corrected chi connectivity index (χ3v) is 2.34. The molecule has 0 rings (SSSR count). The van der Waals surface area contributed by atoms with Gasteiger partial charge >= 0.3 is 0 Å². The minimum Gasteiger partial charge on any atom is -0.374 e. The lowest BCUT2D eigenvalue weighted by Gasteiger charge is -2.23. The number of azo groups is 1. The van der Waals surface area contributed by atoms with Gasteiger partial charge in [0.25, 0.3) is 11.8 Å². The highest BCUT2D eigenvalue weighted by Gasteiger charge is 2.32. The third kappa shape index (κ3) is 6.07. The molecule has 20 heavy (non-hydrogen) atoms. The van der Waals surface area contributed by atoms with Crippen molar-refractivity contribution < 1.29 is 19.8 Å². The Morgan fingerprint density at radius 3 is 1.30 bits per heavy atom. The van der Waals surface area contributed by atoms with Crippen LogP contribution in [0.2, 0.25) is 0 Å². The van der Waals surface area contributed by atoms with Crippen molar-refractivity contribution in [2.75, 3.05) is 0 Å². The van der Waals surface area contributed by atoms with Gasteiger partial charge < -0.3 is 20.8 Å². The molecule has 0 aliphatic rings. The van der Waals surface area contributed by atoms with Gasteiger partial charge in [-0.1, -0.05) is 0 Å². The van der Waals surface area contributed by atoms with Crippen molar-refractivity contribution in [3.05, 3.63) is 0 Å². The second-order valence-electron chi connectivity index (χ2n) is 5.62. The Hall–Kier alpha value is -1.54. The van der Waals surface area contributed by atoms with E-state index in [9.17, 15) is 9.59 Å². The number of aliphatic hydroxyl groups is 2. The van der Waals surface area contributed by atoms with Crippen LogP contribution in [0.4, 0.5) is 0 Å². The Morgan fingerprint density at radius 1 is 0.850 bits per heavy atom. The monoisotopic (exact) mass is 288 g/mol. The van der Waals surface area contributed by atoms with Crippen LogP contribution < -0.4 is 10.6 Å². The molecule has 0 spiro atoms. The molecule has 116 valence electrons. The van der Waals surface area contributed by atoms with Crippen molar-refractivity contribution in [1.82, 2.24) is 10.6 Å². The van der Waals surface area contributed by atoms with E-state index in [1.807, 2.05) is 0 Å². The van der Waals surface area contributed by atoms with E-state index in [1.54, 1.807) is 0 Å². The molecule has 0 aromatic heterocycles. The summed E-state index contributed by atoms with van der Waals surface area (Å²) in [4.78, 5) is 23.5. The fourth-order valence-electron chi connectivity index (χ4n) is 1.07. The first-order chi connectivity index (χ1) is 8.88. The summed E-state index contributed by atoms with van der Waals surface area (Å²) in [6.45, 7) is 8.86. The lowest BCUT2D eigenvalue weighted by molar-refractivity contribution is -0.130. The van der Waals surface area contributed by atoms with Gasteiger partial charge in [-0.25, -0.2) is 0 Å². The molecule has 0 fully saturated rings. The number of hydrogen-bond donors (Lipinski definition) is 4. The Labute approximate surface area is 118 Å². The number of nitrogens with zero attached hydrogens (tertiary/aromatic N) is 2. The van der Waals surface area contributed by atoms with Gasteiger partial charge in [0.05, 0.1) is 0 Å². The second kappa shape index (κ2) is 6.76. The zero-order chi connectivity index (χ0) is 16.1. The predicted molar refractivity (Wildman–Crippen MR) is 72.7 cm³/mol. The summed E-state index contributed by atoms with van der Waals surface area (Å²) in [6.07, 6.45) is -1.99. The van der Waals surface area contributed by atoms with Crippen LogP contribution in [0.5, 0.6) is 0 Å². The van der Waals surface area contributed by atoms with E-state index in [1.165, 1.54) is 41.5 Å². The maximum Gasteiger partial charge on any atom is 0.251 e. The van der Waals surface area contributed by atoms with Gasteiger partial charge in [-0.05, 0) is 41.5 Å². The lowest BCUT2D eigenvalue weighted by atomic mass is 10.0. The summed E-state index contributed by atoms with van der Waals surface area (Å²) in [5, 5.41) is 30.6. The number of hydrogen-bond acceptors (Lipinski definition) is 6. The molecule has 0 aromatic rings. The Balaban J connectivity index is 4.90. The molecule has 4 N–H and O–H groups in total. The summed E-state index contributed by atoms with van der Waals surface area (Å²) in [7, 11) is 0. The first kappa shape index (κ1) is 18.5. The molecule has 0 bridgehead atoms. The Kier molecular flexibility index (Phi) is 6.24. The first-order valence-electron chi connectivity index (χ1n) is 6.30. The van der Waals surface area contributed by atoms with Gasteiger partial charge in [-0.15, -0.1) is 0 Å². The molecule has 2 atom stereocenters. The van der Waals surface area contributed by atoms with E-state index in [4.69, 9.17) is 10.2 Å². The molecule has 0 aromatic carbocycles. The van der Waals surface area contributed by atoms with Crippen LogP contribution in [0.1, 0.15) is 41.5 Å². The fraction of sp³-hybridized carbons (Fsp3) is 0.833. The van der Waals surface area contributed by atoms with E-state index in [0.29, 0.717) is 0 Å². The molecule has 0 aliphatic carbocycles. The number of rotatable bonds is 6. The Bertz CT molecular complexity index is 353. The molecule has 8 nitrogen and oxygen atoms in total. The van der Waals surface area contributed by atoms with Crippen LogP contribution in [0, 0.1) is 0 Å². The molecule has 8 heteroatoms. The van der Waals surface area contributed by atoms with Crippen LogP contribution in [0.25, 0.3) is 0 Å². The summed E-state index contributed by atoms with van der Waals surface area (Å²) < 4.78 is 0. The van der Waals surface area contributed by atoms with Gasteiger partial charge in [0.15, 0.2) is 11.1 Å². The highest BCUT2D eigenvalue weighted by molar-refractivity contribution is 5.86. The normalized spacial score (nSPS) is 15.8. The van der Waals surface area contributed by atoms with E-state index in [2.05, 4.69) is 20.9 Å². The largest absolute Gasteiger partial charge is 0.374 e. The minimum absolute atomic E-state index is 0.511. The zero-order valence-corrected chi connectivity index (χ0v) is 12.8. The van der Waals surface area contributed by atoms with E-state index >= 15 is 0 Å². The smallest absolute Gasteiger partial charge is 0.251 e. The first-order valence-corrected chi connectivity index (χ1v) is 6.30. The number of amides is 2. The number of carbonyl (C=O) groups is 2. The van der Waals surface area contributed by atoms with E-state index < -0.39 is 35.3 Å². The van der Waals surface area contributed by atoms with Gasteiger partial charge in [0.1, 0.15) is 12.5 Å². The number of aliphatic hydroxyl groups excluding tert-OH is 2. The molecule has 0 saturated carbocycles. The van der Waals surface area contributed by atoms with Crippen molar-refractivity contribution in [1.29, 1.82) is 0 Å². The lowest BCUT2D eigenvalue weighted by Crippen LogP contribution is -2.46. The summed E-state index contributed by atoms with van der Waals surface area (Å²) >= 11 is 0. The van der Waals surface area contributed by atoms with Crippen molar-refractivity contribution >= 4 is 11.8 Å². The topological polar surface area (TPSA) is 123 Å². The van der Waals surface area contributed by atoms with Gasteiger partial charge in [0.2, 0.25) is 0 Å². The molecule has 0 radical (unpaired) electrons. The second-order valence-corrected chi connectivity index (χ2v) is 5.62. The maximum absolute atomic E-state index is 11.8. The SMILES string of the molecule is CC(O)NC(=O)C(C)(C)N=NC(C)(C)C(=O)NC(C)O. The fourth-order valence-corrected chi connectivity index (χ4v) is 1.07. The molecular formula is C12H24N4O4. The van der Waals surface area contributed by atoms with Gasteiger partial charge in [-0.2, -0.15) is 10.2 Å². The van der Waals surface area contributed by atoms with Gasteiger partial charge in [-0.3, -0.25) is 9.59 Å². The third-order valence-electron chi connectivity index (χ3n) is 2.34. The average Bonchev–Trinajstić information content (AvgIpc) is 2.24. The van der Waals surface area contributed by atoms with Gasteiger partial charge in [0, 0.05) is 0 Å². The highest BCUT2D eigenvalue weighted by atomic mass is 16.3. The van der Waals surface area contributed by atoms with Crippen LogP contribution in [0.3, 0.4) is 0 Å². The van der Waals surface area contributed by atoms with Crippen molar-refractivity contribution in [3.63, 3.8) is 0 Å². The minimum atomic E-state index is -1.22. The highest BCUT2D eigenvalue weighted by Crippen LogP contribution is 2.16. The molecule has 0 heterocycles. The molecular weight excluding hydrogens is 264 g/mol. The molecule has 2 amide bonds. The standard InChI is InChI=1S/C12H24N4O4/c1-7(17)13-9(19)11(3,4)15-16-12(5,6)10(20)14-8(2)18/h7-8,17-18H,1-6H3,(H,13,19)(H,14,20). The van der Waals surface area contributed by atoms with E-state index in [0.717, 1.165) is 0 Å². The number of carbonyl (C=O) groups excluding carboxylic acids is 2. The maximum atomic E-state index is 11.8. The quantitative estimate of drug-likeness (QED) is 0.402. The van der Waals surface area contributed by atoms with Crippen molar-refractivity contribution in [2.24, 2.45) is 10.2 Å². The summed E-state index contributed by atoms with van der Waals surface area (Å²) in [6, 6.07) is 0. The molecule has 2 unspecified atom stereocenters. The summed E-state index contributed by atoms with van der Waals surface area (Å²) in [5.74, 6) is -1.02. The van der Waals surface area contributed by atoms with Crippen LogP contribution in [-0.2, 0) is 9.59 Å². The van der Waals surface area contributed by atoms with Crippen LogP contribution in [0.15, 0.2) is 10.2 Å².